The Morgan fingerprint density at radius 3 is 2.41 bits per heavy atom. The highest BCUT2D eigenvalue weighted by molar-refractivity contribution is 5.90. The van der Waals surface area contributed by atoms with Crippen LogP contribution in [0.5, 0.6) is 0 Å². The van der Waals surface area contributed by atoms with E-state index in [-0.39, 0.29) is 23.3 Å². The molecule has 7 heteroatoms. The molecule has 0 unspecified atom stereocenters. The molecule has 32 heavy (non-hydrogen) atoms. The summed E-state index contributed by atoms with van der Waals surface area (Å²) < 4.78 is 0. The molecule has 0 aliphatic carbocycles. The first-order chi connectivity index (χ1) is 15.1. The Morgan fingerprint density at radius 1 is 1.16 bits per heavy atom. The summed E-state index contributed by atoms with van der Waals surface area (Å²) >= 11 is 0. The monoisotopic (exact) mass is 437 g/mol. The van der Waals surface area contributed by atoms with Gasteiger partial charge in [-0.2, -0.15) is 0 Å². The highest BCUT2D eigenvalue weighted by Crippen LogP contribution is 2.22. The zero-order chi connectivity index (χ0) is 23.3. The predicted octanol–water partition coefficient (Wildman–Crippen LogP) is 2.40. The highest BCUT2D eigenvalue weighted by atomic mass is 16.2. The van der Waals surface area contributed by atoms with Crippen LogP contribution in [0.4, 0.5) is 5.82 Å². The van der Waals surface area contributed by atoms with Crippen molar-refractivity contribution < 1.29 is 9.59 Å². The van der Waals surface area contributed by atoms with Gasteiger partial charge in [-0.1, -0.05) is 51.1 Å². The normalized spacial score (nSPS) is 17.7. The third-order valence-electron chi connectivity index (χ3n) is 6.03. The molecule has 0 bridgehead atoms. The van der Waals surface area contributed by atoms with E-state index in [1.807, 2.05) is 30.1 Å². The van der Waals surface area contributed by atoms with Gasteiger partial charge < -0.3 is 16.4 Å². The van der Waals surface area contributed by atoms with Gasteiger partial charge in [0.2, 0.25) is 11.8 Å². The lowest BCUT2D eigenvalue weighted by Gasteiger charge is -2.24. The molecule has 1 aliphatic rings. The average Bonchev–Trinajstić information content (AvgIpc) is 3.18. The van der Waals surface area contributed by atoms with Gasteiger partial charge in [-0.3, -0.25) is 14.5 Å². The zero-order valence-corrected chi connectivity index (χ0v) is 19.5. The number of amides is 2. The minimum atomic E-state index is -0.654. The van der Waals surface area contributed by atoms with Crippen molar-refractivity contribution in [3.8, 4) is 0 Å². The largest absolute Gasteiger partial charge is 0.384 e. The number of pyridine rings is 1. The molecule has 172 valence electrons. The van der Waals surface area contributed by atoms with E-state index in [1.54, 1.807) is 12.3 Å². The number of rotatable bonds is 7. The number of nitrogen functional groups attached to an aromatic ring is 1. The van der Waals surface area contributed by atoms with Crippen molar-refractivity contribution in [1.29, 1.82) is 0 Å². The minimum absolute atomic E-state index is 0.0592. The Morgan fingerprint density at radius 2 is 1.84 bits per heavy atom. The molecule has 1 aromatic heterocycles. The molecule has 1 aliphatic heterocycles. The second kappa shape index (κ2) is 10.1. The topological polar surface area (TPSA) is 100 Å². The fourth-order valence-corrected chi connectivity index (χ4v) is 3.95. The molecule has 1 fully saturated rings. The van der Waals surface area contributed by atoms with Gasteiger partial charge in [0.15, 0.2) is 0 Å². The Labute approximate surface area is 190 Å². The number of likely N-dealkylation sites (tertiary alicyclic amines) is 1. The third-order valence-corrected chi connectivity index (χ3v) is 6.03. The van der Waals surface area contributed by atoms with E-state index in [1.165, 1.54) is 5.56 Å². The standard InChI is InChI=1S/C25H35N5O2/c1-25(2,3)19-10-7-17(8-11-19)14-20(29-24(32)21-6-5-13-30(21)4)23(31)28-16-18-9-12-22(26)27-15-18/h7-12,15,20-21H,5-6,13-14,16H2,1-4H3,(H2,26,27)(H,28,31)(H,29,32)/t20-,21+/m0/s1. The van der Waals surface area contributed by atoms with Crippen molar-refractivity contribution >= 4 is 17.6 Å². The number of benzene rings is 1. The lowest BCUT2D eigenvalue weighted by Crippen LogP contribution is -2.52. The van der Waals surface area contributed by atoms with E-state index >= 15 is 0 Å². The molecule has 1 saturated heterocycles. The van der Waals surface area contributed by atoms with Gasteiger partial charge in [0, 0.05) is 19.2 Å². The molecule has 1 aromatic carbocycles. The zero-order valence-electron chi connectivity index (χ0n) is 19.5. The molecular formula is C25H35N5O2. The van der Waals surface area contributed by atoms with Crippen molar-refractivity contribution in [3.05, 3.63) is 59.3 Å². The Hall–Kier alpha value is -2.93. The van der Waals surface area contributed by atoms with E-state index in [9.17, 15) is 9.59 Å². The van der Waals surface area contributed by atoms with Gasteiger partial charge >= 0.3 is 0 Å². The highest BCUT2D eigenvalue weighted by Gasteiger charge is 2.31. The summed E-state index contributed by atoms with van der Waals surface area (Å²) in [5, 5.41) is 5.93. The molecule has 3 rings (SSSR count). The van der Waals surface area contributed by atoms with Crippen LogP contribution in [0.1, 0.15) is 50.3 Å². The lowest BCUT2D eigenvalue weighted by molar-refractivity contribution is -0.131. The van der Waals surface area contributed by atoms with E-state index in [0.717, 1.165) is 30.5 Å². The van der Waals surface area contributed by atoms with Gasteiger partial charge in [-0.15, -0.1) is 0 Å². The molecule has 0 saturated carbocycles. The van der Waals surface area contributed by atoms with E-state index in [4.69, 9.17) is 5.73 Å². The van der Waals surface area contributed by atoms with Gasteiger partial charge in [-0.25, -0.2) is 4.98 Å². The minimum Gasteiger partial charge on any atom is -0.384 e. The lowest BCUT2D eigenvalue weighted by atomic mass is 9.86. The number of nitrogens with one attached hydrogen (secondary N) is 2. The van der Waals surface area contributed by atoms with Crippen LogP contribution in [0.3, 0.4) is 0 Å². The summed E-state index contributed by atoms with van der Waals surface area (Å²) in [6, 6.07) is 11.0. The SMILES string of the molecule is CN1CCC[C@@H]1C(=O)N[C@@H](Cc1ccc(C(C)(C)C)cc1)C(=O)NCc1ccc(N)nc1. The summed E-state index contributed by atoms with van der Waals surface area (Å²) in [7, 11) is 1.95. The molecule has 0 radical (unpaired) electrons. The van der Waals surface area contributed by atoms with E-state index < -0.39 is 6.04 Å². The van der Waals surface area contributed by atoms with Crippen molar-refractivity contribution in [3.63, 3.8) is 0 Å². The van der Waals surface area contributed by atoms with Crippen LogP contribution < -0.4 is 16.4 Å². The molecule has 0 spiro atoms. The molecule has 2 atom stereocenters. The second-order valence-electron chi connectivity index (χ2n) is 9.66. The molecule has 2 amide bonds. The van der Waals surface area contributed by atoms with Gasteiger partial charge in [0.25, 0.3) is 0 Å². The predicted molar refractivity (Wildman–Crippen MR) is 127 cm³/mol. The number of likely N-dealkylation sites (N-methyl/N-ethyl adjacent to an activating group) is 1. The number of hydrogen-bond donors (Lipinski definition) is 3. The third kappa shape index (κ3) is 6.29. The maximum absolute atomic E-state index is 13.1. The second-order valence-corrected chi connectivity index (χ2v) is 9.66. The molecule has 7 nitrogen and oxygen atoms in total. The van der Waals surface area contributed by atoms with Gasteiger partial charge in [0.05, 0.1) is 6.04 Å². The number of carbonyl (C=O) groups is 2. The summed E-state index contributed by atoms with van der Waals surface area (Å²) in [5.74, 6) is 0.130. The molecule has 2 heterocycles. The van der Waals surface area contributed by atoms with Crippen LogP contribution in [0.25, 0.3) is 0 Å². The van der Waals surface area contributed by atoms with Crippen LogP contribution in [0.15, 0.2) is 42.6 Å². The van der Waals surface area contributed by atoms with Gasteiger partial charge in [-0.05, 0) is 54.6 Å². The van der Waals surface area contributed by atoms with Crippen molar-refractivity contribution in [1.82, 2.24) is 20.5 Å². The van der Waals surface area contributed by atoms with E-state index in [0.29, 0.717) is 18.8 Å². The van der Waals surface area contributed by atoms with Crippen LogP contribution in [0, 0.1) is 0 Å². The fraction of sp³-hybridized carbons (Fsp3) is 0.480. The Balaban J connectivity index is 1.71. The quantitative estimate of drug-likeness (QED) is 0.618. The summed E-state index contributed by atoms with van der Waals surface area (Å²) in [4.78, 5) is 32.1. The number of nitrogens with zero attached hydrogens (tertiary/aromatic N) is 2. The number of hydrogen-bond acceptors (Lipinski definition) is 5. The smallest absolute Gasteiger partial charge is 0.243 e. The van der Waals surface area contributed by atoms with Crippen molar-refractivity contribution in [2.45, 2.75) is 64.1 Å². The summed E-state index contributed by atoms with van der Waals surface area (Å²) in [6.45, 7) is 7.73. The Bertz CT molecular complexity index is 919. The first-order valence-corrected chi connectivity index (χ1v) is 11.2. The van der Waals surface area contributed by atoms with Crippen molar-refractivity contribution in [2.75, 3.05) is 19.3 Å². The number of nitrogens with two attached hydrogens (primary N) is 1. The first-order valence-electron chi connectivity index (χ1n) is 11.2. The van der Waals surface area contributed by atoms with Crippen LogP contribution in [-0.4, -0.2) is 47.4 Å². The van der Waals surface area contributed by atoms with Crippen LogP contribution in [0.2, 0.25) is 0 Å². The summed E-state index contributed by atoms with van der Waals surface area (Å²) in [5.41, 5.74) is 8.78. The van der Waals surface area contributed by atoms with Crippen molar-refractivity contribution in [2.24, 2.45) is 0 Å². The fourth-order valence-electron chi connectivity index (χ4n) is 3.95. The number of carbonyl (C=O) groups excluding carboxylic acids is 2. The van der Waals surface area contributed by atoms with Crippen LogP contribution >= 0.6 is 0 Å². The number of aromatic nitrogens is 1. The maximum Gasteiger partial charge on any atom is 0.243 e. The first kappa shape index (κ1) is 23.7. The molecule has 4 N–H and O–H groups in total. The van der Waals surface area contributed by atoms with Gasteiger partial charge in [0.1, 0.15) is 11.9 Å². The molecular weight excluding hydrogens is 402 g/mol. The maximum atomic E-state index is 13.1. The van der Waals surface area contributed by atoms with Crippen LogP contribution in [-0.2, 0) is 28.0 Å². The Kier molecular flexibility index (Phi) is 7.51. The summed E-state index contributed by atoms with van der Waals surface area (Å²) in [6.07, 6.45) is 3.87. The molecule has 2 aromatic rings. The number of anilines is 1. The average molecular weight is 438 g/mol. The van der Waals surface area contributed by atoms with E-state index in [2.05, 4.69) is 48.5 Å².